The predicted molar refractivity (Wildman–Crippen MR) is 115 cm³/mol. The molecule has 0 unspecified atom stereocenters. The third kappa shape index (κ3) is 5.44. The zero-order valence-corrected chi connectivity index (χ0v) is 17.8. The van der Waals surface area contributed by atoms with Crippen LogP contribution in [0.5, 0.6) is 0 Å². The zero-order chi connectivity index (χ0) is 21.7. The molecule has 30 heavy (non-hydrogen) atoms. The molecule has 3 rings (SSSR count). The molecule has 0 bridgehead atoms. The van der Waals surface area contributed by atoms with E-state index in [9.17, 15) is 17.6 Å². The van der Waals surface area contributed by atoms with Crippen molar-refractivity contribution in [2.75, 3.05) is 11.9 Å². The fraction of sp³-hybridized carbons (Fsp3) is 0.136. The van der Waals surface area contributed by atoms with Crippen LogP contribution in [0.1, 0.15) is 11.1 Å². The third-order valence-corrected chi connectivity index (χ3v) is 6.42. The van der Waals surface area contributed by atoms with Gasteiger partial charge in [-0.25, -0.2) is 12.8 Å². The van der Waals surface area contributed by atoms with E-state index in [0.717, 1.165) is 9.87 Å². The van der Waals surface area contributed by atoms with Crippen LogP contribution in [-0.2, 0) is 21.4 Å². The molecule has 0 radical (unpaired) electrons. The van der Waals surface area contributed by atoms with Crippen LogP contribution >= 0.6 is 11.6 Å². The first-order valence-electron chi connectivity index (χ1n) is 9.11. The molecule has 0 saturated heterocycles. The van der Waals surface area contributed by atoms with E-state index >= 15 is 0 Å². The van der Waals surface area contributed by atoms with Crippen LogP contribution in [-0.4, -0.2) is 25.2 Å². The Bertz CT molecular complexity index is 1150. The highest BCUT2D eigenvalue weighted by atomic mass is 35.5. The second-order valence-corrected chi connectivity index (χ2v) is 9.12. The lowest BCUT2D eigenvalue weighted by molar-refractivity contribution is -0.116. The van der Waals surface area contributed by atoms with Crippen molar-refractivity contribution in [2.24, 2.45) is 0 Å². The topological polar surface area (TPSA) is 66.5 Å². The summed E-state index contributed by atoms with van der Waals surface area (Å²) in [6.45, 7) is 1.29. The van der Waals surface area contributed by atoms with Gasteiger partial charge < -0.3 is 5.32 Å². The molecule has 5 nitrogen and oxygen atoms in total. The molecule has 0 saturated carbocycles. The van der Waals surface area contributed by atoms with Gasteiger partial charge in [0.15, 0.2) is 0 Å². The van der Waals surface area contributed by atoms with Gasteiger partial charge in [-0.3, -0.25) is 4.79 Å². The van der Waals surface area contributed by atoms with Crippen molar-refractivity contribution in [3.63, 3.8) is 0 Å². The maximum atomic E-state index is 13.9. The average molecular weight is 447 g/mol. The molecule has 0 atom stereocenters. The van der Waals surface area contributed by atoms with Crippen molar-refractivity contribution < 1.29 is 17.6 Å². The van der Waals surface area contributed by atoms with Crippen molar-refractivity contribution in [2.45, 2.75) is 18.4 Å². The molecule has 0 spiro atoms. The molecule has 0 aliphatic heterocycles. The highest BCUT2D eigenvalue weighted by Crippen LogP contribution is 2.21. The molecule has 1 N–H and O–H groups in total. The van der Waals surface area contributed by atoms with Crippen LogP contribution in [0.2, 0.25) is 5.02 Å². The molecule has 3 aromatic rings. The average Bonchev–Trinajstić information content (AvgIpc) is 2.69. The van der Waals surface area contributed by atoms with Crippen molar-refractivity contribution in [3.8, 4) is 0 Å². The normalized spacial score (nSPS) is 11.5. The van der Waals surface area contributed by atoms with Crippen molar-refractivity contribution >= 4 is 33.2 Å². The standard InChI is InChI=1S/C22H20ClFN2O3S/c1-16-9-11-19(12-10-16)30(28,29)26(14-17-5-4-6-18(23)13-17)15-22(27)25-21-8-3-2-7-20(21)24/h2-13H,14-15H2,1H3,(H,25,27). The van der Waals surface area contributed by atoms with Crippen LogP contribution in [0.4, 0.5) is 10.1 Å². The lowest BCUT2D eigenvalue weighted by Crippen LogP contribution is -2.37. The Balaban J connectivity index is 1.89. The van der Waals surface area contributed by atoms with Crippen LogP contribution in [0, 0.1) is 12.7 Å². The first-order chi connectivity index (χ1) is 14.3. The smallest absolute Gasteiger partial charge is 0.243 e. The van der Waals surface area contributed by atoms with E-state index in [2.05, 4.69) is 5.32 Å². The van der Waals surface area contributed by atoms with E-state index in [1.165, 1.54) is 30.3 Å². The largest absolute Gasteiger partial charge is 0.322 e. The van der Waals surface area contributed by atoms with Gasteiger partial charge >= 0.3 is 0 Å². The predicted octanol–water partition coefficient (Wildman–Crippen LogP) is 4.62. The van der Waals surface area contributed by atoms with Crippen molar-refractivity contribution in [1.82, 2.24) is 4.31 Å². The molecule has 8 heteroatoms. The number of carbonyl (C=O) groups is 1. The summed E-state index contributed by atoms with van der Waals surface area (Å²) < 4.78 is 41.3. The SMILES string of the molecule is Cc1ccc(S(=O)(=O)N(CC(=O)Nc2ccccc2F)Cc2cccc(Cl)c2)cc1. The molecule has 156 valence electrons. The number of hydrogen-bond donors (Lipinski definition) is 1. The Hall–Kier alpha value is -2.74. The number of halogens is 2. The fourth-order valence-electron chi connectivity index (χ4n) is 2.84. The summed E-state index contributed by atoms with van der Waals surface area (Å²) in [5, 5.41) is 2.88. The van der Waals surface area contributed by atoms with Gasteiger partial charge in [0.05, 0.1) is 17.1 Å². The number of anilines is 1. The number of hydrogen-bond acceptors (Lipinski definition) is 3. The molecule has 3 aromatic carbocycles. The quantitative estimate of drug-likeness (QED) is 0.576. The molecular formula is C22H20ClFN2O3S. The minimum atomic E-state index is -3.99. The molecule has 0 aliphatic carbocycles. The van der Waals surface area contributed by atoms with Crippen molar-refractivity contribution in [1.29, 1.82) is 0 Å². The van der Waals surface area contributed by atoms with E-state index in [-0.39, 0.29) is 17.1 Å². The Morgan fingerprint density at radius 3 is 2.40 bits per heavy atom. The monoisotopic (exact) mass is 446 g/mol. The summed E-state index contributed by atoms with van der Waals surface area (Å²) in [6.07, 6.45) is 0. The van der Waals surface area contributed by atoms with Gasteiger partial charge in [0.1, 0.15) is 5.82 Å². The molecule has 1 amide bonds. The van der Waals surface area contributed by atoms with E-state index in [4.69, 9.17) is 11.6 Å². The van der Waals surface area contributed by atoms with Gasteiger partial charge in [0, 0.05) is 11.6 Å². The Labute approximate surface area is 180 Å². The van der Waals surface area contributed by atoms with Crippen molar-refractivity contribution in [3.05, 3.63) is 94.8 Å². The number of nitrogens with one attached hydrogen (secondary N) is 1. The van der Waals surface area contributed by atoms with Crippen LogP contribution in [0.25, 0.3) is 0 Å². The minimum Gasteiger partial charge on any atom is -0.322 e. The number of aryl methyl sites for hydroxylation is 1. The van der Waals surface area contributed by atoms with Gasteiger partial charge in [-0.05, 0) is 48.9 Å². The number of benzene rings is 3. The number of carbonyl (C=O) groups excluding carboxylic acids is 1. The van der Waals surface area contributed by atoms with E-state index < -0.39 is 28.3 Å². The Morgan fingerprint density at radius 1 is 1.03 bits per heavy atom. The maximum absolute atomic E-state index is 13.9. The second kappa shape index (κ2) is 9.38. The van der Waals surface area contributed by atoms with Crippen LogP contribution in [0.3, 0.4) is 0 Å². The minimum absolute atomic E-state index is 0.0158. The number of sulfonamides is 1. The number of rotatable bonds is 7. The Kier molecular flexibility index (Phi) is 6.87. The van der Waals surface area contributed by atoms with Gasteiger partial charge in [0.25, 0.3) is 0 Å². The summed E-state index contributed by atoms with van der Waals surface area (Å²) in [5.74, 6) is -1.26. The van der Waals surface area contributed by atoms with E-state index in [1.54, 1.807) is 42.5 Å². The highest BCUT2D eigenvalue weighted by Gasteiger charge is 2.27. The van der Waals surface area contributed by atoms with Gasteiger partial charge in [0.2, 0.25) is 15.9 Å². The third-order valence-electron chi connectivity index (χ3n) is 4.37. The fourth-order valence-corrected chi connectivity index (χ4v) is 4.43. The van der Waals surface area contributed by atoms with E-state index in [1.807, 2.05) is 6.92 Å². The lowest BCUT2D eigenvalue weighted by Gasteiger charge is -2.22. The van der Waals surface area contributed by atoms with Gasteiger partial charge in [-0.1, -0.05) is 53.6 Å². The molecular weight excluding hydrogens is 427 g/mol. The molecule has 0 aliphatic rings. The molecule has 0 fully saturated rings. The lowest BCUT2D eigenvalue weighted by atomic mass is 10.2. The summed E-state index contributed by atoms with van der Waals surface area (Å²) in [6, 6.07) is 18.8. The Morgan fingerprint density at radius 2 is 1.73 bits per heavy atom. The summed E-state index contributed by atoms with van der Waals surface area (Å²) in [5.41, 5.74) is 1.52. The zero-order valence-electron chi connectivity index (χ0n) is 16.2. The van der Waals surface area contributed by atoms with E-state index in [0.29, 0.717) is 10.6 Å². The summed E-state index contributed by atoms with van der Waals surface area (Å²) in [4.78, 5) is 12.6. The second-order valence-electron chi connectivity index (χ2n) is 6.74. The maximum Gasteiger partial charge on any atom is 0.243 e. The molecule has 0 heterocycles. The number of amides is 1. The van der Waals surface area contributed by atoms with Crippen LogP contribution in [0.15, 0.2) is 77.7 Å². The van der Waals surface area contributed by atoms with Gasteiger partial charge in [-0.15, -0.1) is 0 Å². The van der Waals surface area contributed by atoms with Crippen LogP contribution < -0.4 is 5.32 Å². The highest BCUT2D eigenvalue weighted by molar-refractivity contribution is 7.89. The first kappa shape index (κ1) is 22.0. The molecule has 0 aromatic heterocycles. The summed E-state index contributed by atoms with van der Waals surface area (Å²) >= 11 is 6.02. The first-order valence-corrected chi connectivity index (χ1v) is 10.9. The van der Waals surface area contributed by atoms with Gasteiger partial charge in [-0.2, -0.15) is 4.31 Å². The summed E-state index contributed by atoms with van der Waals surface area (Å²) in [7, 11) is -3.99. The number of para-hydroxylation sites is 1. The number of nitrogens with zero attached hydrogens (tertiary/aromatic N) is 1.